The second-order valence-electron chi connectivity index (χ2n) is 6.80. The zero-order valence-electron chi connectivity index (χ0n) is 14.9. The van der Waals surface area contributed by atoms with Gasteiger partial charge in [0.05, 0.1) is 5.69 Å². The third-order valence-electron chi connectivity index (χ3n) is 3.34. The zero-order chi connectivity index (χ0) is 16.6. The van der Waals surface area contributed by atoms with Crippen molar-refractivity contribution in [2.45, 2.75) is 54.4 Å². The van der Waals surface area contributed by atoms with Crippen LogP contribution >= 0.6 is 0 Å². The Balaban J connectivity index is 2.70. The highest BCUT2D eigenvalue weighted by Gasteiger charge is 2.09. The first kappa shape index (κ1) is 18.2. The number of aliphatic imine (C=N–C) groups is 1. The number of rotatable bonds is 6. The first-order valence-corrected chi connectivity index (χ1v) is 7.97. The van der Waals surface area contributed by atoms with Crippen molar-refractivity contribution in [1.29, 1.82) is 0 Å². The highest BCUT2D eigenvalue weighted by Crippen LogP contribution is 2.18. The summed E-state index contributed by atoms with van der Waals surface area (Å²) in [6.07, 6.45) is 8.53. The number of hydrogen-bond donors (Lipinski definition) is 0. The fraction of sp³-hybridized carbons (Fsp3) is 0.429. The van der Waals surface area contributed by atoms with Crippen LogP contribution in [-0.4, -0.2) is 6.21 Å². The van der Waals surface area contributed by atoms with Crippen LogP contribution in [0, 0.1) is 12.3 Å². The van der Waals surface area contributed by atoms with E-state index < -0.39 is 0 Å². The topological polar surface area (TPSA) is 12.4 Å². The zero-order valence-corrected chi connectivity index (χ0v) is 14.9. The summed E-state index contributed by atoms with van der Waals surface area (Å²) < 4.78 is 0. The Morgan fingerprint density at radius 2 is 1.77 bits per heavy atom. The Bertz CT molecular complexity index is 587. The molecule has 0 bridgehead atoms. The van der Waals surface area contributed by atoms with Gasteiger partial charge < -0.3 is 0 Å². The van der Waals surface area contributed by atoms with E-state index in [1.54, 1.807) is 0 Å². The van der Waals surface area contributed by atoms with Gasteiger partial charge in [-0.2, -0.15) is 0 Å². The van der Waals surface area contributed by atoms with Crippen molar-refractivity contribution in [3.8, 4) is 0 Å². The lowest BCUT2D eigenvalue weighted by atomic mass is 9.94. The van der Waals surface area contributed by atoms with Gasteiger partial charge in [-0.25, -0.2) is 0 Å². The van der Waals surface area contributed by atoms with E-state index in [1.165, 1.54) is 16.7 Å². The van der Waals surface area contributed by atoms with Crippen molar-refractivity contribution in [3.63, 3.8) is 0 Å². The molecule has 22 heavy (non-hydrogen) atoms. The van der Waals surface area contributed by atoms with E-state index in [1.807, 2.05) is 18.3 Å². The van der Waals surface area contributed by atoms with Crippen molar-refractivity contribution in [2.24, 2.45) is 10.4 Å². The van der Waals surface area contributed by atoms with E-state index in [4.69, 9.17) is 0 Å². The molecule has 0 radical (unpaired) electrons. The predicted octanol–water partition coefficient (Wildman–Crippen LogP) is 6.57. The molecule has 0 aliphatic rings. The molecular formula is C21H29N. The van der Waals surface area contributed by atoms with Gasteiger partial charge in [-0.05, 0) is 64.3 Å². The first-order chi connectivity index (χ1) is 10.3. The lowest BCUT2D eigenvalue weighted by Crippen LogP contribution is -2.08. The summed E-state index contributed by atoms with van der Waals surface area (Å²) in [5.74, 6) is 0. The van der Waals surface area contributed by atoms with Gasteiger partial charge in [-0.15, -0.1) is 5.73 Å². The molecule has 0 atom stereocenters. The van der Waals surface area contributed by atoms with Crippen LogP contribution in [-0.2, 0) is 0 Å². The fourth-order valence-electron chi connectivity index (χ4n) is 1.87. The Kier molecular flexibility index (Phi) is 7.08. The lowest BCUT2D eigenvalue weighted by molar-refractivity contribution is 0.694. The molecule has 1 rings (SSSR count). The maximum Gasteiger partial charge on any atom is 0.0626 e. The molecule has 0 heterocycles. The summed E-state index contributed by atoms with van der Waals surface area (Å²) in [5, 5.41) is 0. The van der Waals surface area contributed by atoms with Gasteiger partial charge in [-0.3, -0.25) is 4.99 Å². The number of allylic oxidation sites excluding steroid dienone is 3. The molecule has 1 aromatic rings. The molecule has 0 aromatic heterocycles. The maximum absolute atomic E-state index is 4.57. The monoisotopic (exact) mass is 295 g/mol. The Morgan fingerprint density at radius 3 is 2.36 bits per heavy atom. The second-order valence-corrected chi connectivity index (χ2v) is 6.80. The summed E-state index contributed by atoms with van der Waals surface area (Å²) in [5.41, 5.74) is 8.24. The highest BCUT2D eigenvalue weighted by atomic mass is 14.7. The molecule has 0 fully saturated rings. The van der Waals surface area contributed by atoms with E-state index in [0.717, 1.165) is 18.5 Å². The molecule has 1 aromatic carbocycles. The van der Waals surface area contributed by atoms with Crippen molar-refractivity contribution in [3.05, 3.63) is 58.9 Å². The van der Waals surface area contributed by atoms with Crippen LogP contribution in [0.5, 0.6) is 0 Å². The SMILES string of the molecule is CC(=C=CC(C)(C)C=Nc1ccc(C)cc1)CCC=C(C)C. The number of hydrogen-bond acceptors (Lipinski definition) is 1. The minimum Gasteiger partial charge on any atom is -0.260 e. The Morgan fingerprint density at radius 1 is 1.14 bits per heavy atom. The van der Waals surface area contributed by atoms with Gasteiger partial charge in [0.1, 0.15) is 0 Å². The molecule has 1 nitrogen and oxygen atoms in total. The van der Waals surface area contributed by atoms with E-state index in [2.05, 4.69) is 76.6 Å². The summed E-state index contributed by atoms with van der Waals surface area (Å²) in [7, 11) is 0. The molecule has 0 N–H and O–H groups in total. The molecule has 0 unspecified atom stereocenters. The van der Waals surface area contributed by atoms with E-state index in [0.29, 0.717) is 0 Å². The quantitative estimate of drug-likeness (QED) is 0.319. The third-order valence-corrected chi connectivity index (χ3v) is 3.34. The van der Waals surface area contributed by atoms with Gasteiger partial charge in [0, 0.05) is 11.6 Å². The second kappa shape index (κ2) is 8.56. The summed E-state index contributed by atoms with van der Waals surface area (Å²) >= 11 is 0. The fourth-order valence-corrected chi connectivity index (χ4v) is 1.87. The number of aryl methyl sites for hydroxylation is 1. The normalized spacial score (nSPS) is 11.2. The molecule has 0 aliphatic carbocycles. The van der Waals surface area contributed by atoms with Crippen LogP contribution in [0.15, 0.2) is 58.3 Å². The van der Waals surface area contributed by atoms with E-state index >= 15 is 0 Å². The third kappa shape index (κ3) is 7.81. The van der Waals surface area contributed by atoms with Gasteiger partial charge in [0.2, 0.25) is 0 Å². The van der Waals surface area contributed by atoms with Crippen LogP contribution in [0.3, 0.4) is 0 Å². The lowest BCUT2D eigenvalue weighted by Gasteiger charge is -2.12. The molecule has 0 saturated carbocycles. The minimum atomic E-state index is -0.0946. The van der Waals surface area contributed by atoms with Crippen molar-refractivity contribution in [1.82, 2.24) is 0 Å². The van der Waals surface area contributed by atoms with Gasteiger partial charge >= 0.3 is 0 Å². The molecule has 118 valence electrons. The molecule has 0 saturated heterocycles. The average molecular weight is 295 g/mol. The van der Waals surface area contributed by atoms with E-state index in [-0.39, 0.29) is 5.41 Å². The van der Waals surface area contributed by atoms with Crippen LogP contribution in [0.2, 0.25) is 0 Å². The molecular weight excluding hydrogens is 266 g/mol. The molecule has 0 spiro atoms. The largest absolute Gasteiger partial charge is 0.260 e. The van der Waals surface area contributed by atoms with Crippen molar-refractivity contribution >= 4 is 11.9 Å². The molecule has 0 aliphatic heterocycles. The van der Waals surface area contributed by atoms with Crippen LogP contribution in [0.25, 0.3) is 0 Å². The highest BCUT2D eigenvalue weighted by molar-refractivity contribution is 5.71. The van der Waals surface area contributed by atoms with Gasteiger partial charge in [0.25, 0.3) is 0 Å². The minimum absolute atomic E-state index is 0.0946. The number of benzene rings is 1. The van der Waals surface area contributed by atoms with Crippen LogP contribution in [0.1, 0.15) is 53.0 Å². The van der Waals surface area contributed by atoms with Crippen molar-refractivity contribution in [2.75, 3.05) is 0 Å². The van der Waals surface area contributed by atoms with Gasteiger partial charge in [-0.1, -0.05) is 43.2 Å². The summed E-state index contributed by atoms with van der Waals surface area (Å²) in [6, 6.07) is 8.27. The summed E-state index contributed by atoms with van der Waals surface area (Å²) in [6.45, 7) is 12.8. The molecule has 0 amide bonds. The van der Waals surface area contributed by atoms with Gasteiger partial charge in [0.15, 0.2) is 0 Å². The predicted molar refractivity (Wildman–Crippen MR) is 99.0 cm³/mol. The average Bonchev–Trinajstić information content (AvgIpc) is 2.44. The first-order valence-electron chi connectivity index (χ1n) is 7.97. The standard InChI is InChI=1S/C21H29N/c1-17(2)8-7-9-18(3)14-15-21(5,6)16-22-20-12-10-19(4)11-13-20/h8,10-13,15-16H,7,9H2,1-6H3. The number of nitrogens with zero attached hydrogens (tertiary/aromatic N) is 1. The Hall–Kier alpha value is -1.85. The smallest absolute Gasteiger partial charge is 0.0626 e. The van der Waals surface area contributed by atoms with Crippen LogP contribution < -0.4 is 0 Å². The molecule has 1 heteroatoms. The summed E-state index contributed by atoms with van der Waals surface area (Å²) in [4.78, 5) is 4.57. The Labute approximate surface area is 136 Å². The van der Waals surface area contributed by atoms with Crippen molar-refractivity contribution < 1.29 is 0 Å². The van der Waals surface area contributed by atoms with E-state index in [9.17, 15) is 0 Å². The maximum atomic E-state index is 4.57. The van der Waals surface area contributed by atoms with Crippen LogP contribution in [0.4, 0.5) is 5.69 Å².